The fourth-order valence-corrected chi connectivity index (χ4v) is 3.59. The number of carbonyl (C=O) groups excluding carboxylic acids is 1. The molecule has 0 saturated carbocycles. The van der Waals surface area contributed by atoms with Gasteiger partial charge in [-0.25, -0.2) is 13.6 Å². The predicted octanol–water partition coefficient (Wildman–Crippen LogP) is 1.70. The molecule has 8 heteroatoms. The SMILES string of the molecule is C[C@@H](NC(=O)CN(C)Cc1cccs1)c1ccc(S(N)(=O)=O)cc1. The molecular weight excluding hydrogens is 346 g/mol. The summed E-state index contributed by atoms with van der Waals surface area (Å²) in [6, 6.07) is 9.99. The van der Waals surface area contributed by atoms with Crippen molar-refractivity contribution in [1.29, 1.82) is 0 Å². The van der Waals surface area contributed by atoms with Gasteiger partial charge in [0, 0.05) is 11.4 Å². The van der Waals surface area contributed by atoms with E-state index in [0.29, 0.717) is 0 Å². The molecule has 1 amide bonds. The highest BCUT2D eigenvalue weighted by Gasteiger charge is 2.13. The molecule has 0 aliphatic carbocycles. The van der Waals surface area contributed by atoms with Crippen molar-refractivity contribution < 1.29 is 13.2 Å². The van der Waals surface area contributed by atoms with E-state index in [1.54, 1.807) is 23.5 Å². The molecule has 0 fully saturated rings. The first-order valence-corrected chi connectivity index (χ1v) is 9.81. The zero-order valence-electron chi connectivity index (χ0n) is 13.6. The number of nitrogens with one attached hydrogen (secondary N) is 1. The number of likely N-dealkylation sites (N-methyl/N-ethyl adjacent to an activating group) is 1. The second kappa shape index (κ2) is 7.89. The van der Waals surface area contributed by atoms with Crippen molar-refractivity contribution in [3.8, 4) is 0 Å². The summed E-state index contributed by atoms with van der Waals surface area (Å²) in [5.41, 5.74) is 0.816. The van der Waals surface area contributed by atoms with Crippen LogP contribution in [0, 0.1) is 0 Å². The molecule has 130 valence electrons. The molecule has 0 unspecified atom stereocenters. The van der Waals surface area contributed by atoms with Gasteiger partial charge in [-0.2, -0.15) is 0 Å². The van der Waals surface area contributed by atoms with E-state index in [1.165, 1.54) is 17.0 Å². The van der Waals surface area contributed by atoms with E-state index in [9.17, 15) is 13.2 Å². The molecule has 1 aromatic heterocycles. The van der Waals surface area contributed by atoms with Crippen molar-refractivity contribution in [3.05, 3.63) is 52.2 Å². The first-order valence-electron chi connectivity index (χ1n) is 7.39. The van der Waals surface area contributed by atoms with Crippen LogP contribution in [0.5, 0.6) is 0 Å². The van der Waals surface area contributed by atoms with E-state index in [2.05, 4.69) is 5.32 Å². The Morgan fingerprint density at radius 1 is 1.29 bits per heavy atom. The maximum absolute atomic E-state index is 12.1. The van der Waals surface area contributed by atoms with Crippen LogP contribution in [-0.4, -0.2) is 32.8 Å². The summed E-state index contributed by atoms with van der Waals surface area (Å²) in [7, 11) is -1.81. The molecule has 2 rings (SSSR count). The molecule has 1 aromatic carbocycles. The molecule has 24 heavy (non-hydrogen) atoms. The highest BCUT2D eigenvalue weighted by Crippen LogP contribution is 2.15. The van der Waals surface area contributed by atoms with Crippen LogP contribution in [0.25, 0.3) is 0 Å². The number of primary sulfonamides is 1. The fourth-order valence-electron chi connectivity index (χ4n) is 2.29. The number of sulfonamides is 1. The molecule has 0 spiro atoms. The van der Waals surface area contributed by atoms with Crippen LogP contribution in [0.3, 0.4) is 0 Å². The number of benzene rings is 1. The normalized spacial score (nSPS) is 13.0. The number of nitrogens with zero attached hydrogens (tertiary/aromatic N) is 1. The van der Waals surface area contributed by atoms with Crippen molar-refractivity contribution in [1.82, 2.24) is 10.2 Å². The fraction of sp³-hybridized carbons (Fsp3) is 0.312. The van der Waals surface area contributed by atoms with E-state index >= 15 is 0 Å². The van der Waals surface area contributed by atoms with Crippen LogP contribution in [0.2, 0.25) is 0 Å². The molecule has 0 bridgehead atoms. The Labute approximate surface area is 146 Å². The molecule has 2 aromatic rings. The number of thiophene rings is 1. The highest BCUT2D eigenvalue weighted by molar-refractivity contribution is 7.89. The van der Waals surface area contributed by atoms with Crippen molar-refractivity contribution in [2.75, 3.05) is 13.6 Å². The van der Waals surface area contributed by atoms with Gasteiger partial charge in [0.25, 0.3) is 0 Å². The second-order valence-corrected chi connectivity index (χ2v) is 8.25. The van der Waals surface area contributed by atoms with Crippen LogP contribution < -0.4 is 10.5 Å². The molecule has 6 nitrogen and oxygen atoms in total. The van der Waals surface area contributed by atoms with E-state index in [-0.39, 0.29) is 23.4 Å². The highest BCUT2D eigenvalue weighted by atomic mass is 32.2. The van der Waals surface area contributed by atoms with Crippen LogP contribution in [0.1, 0.15) is 23.4 Å². The summed E-state index contributed by atoms with van der Waals surface area (Å²) < 4.78 is 22.5. The van der Waals surface area contributed by atoms with E-state index in [4.69, 9.17) is 5.14 Å². The monoisotopic (exact) mass is 367 g/mol. The van der Waals surface area contributed by atoms with E-state index in [0.717, 1.165) is 12.1 Å². The summed E-state index contributed by atoms with van der Waals surface area (Å²) in [5, 5.41) is 9.99. The van der Waals surface area contributed by atoms with Gasteiger partial charge in [0.15, 0.2) is 0 Å². The Balaban J connectivity index is 1.89. The molecule has 0 aliphatic rings. The lowest BCUT2D eigenvalue weighted by Crippen LogP contribution is -2.36. The molecule has 0 radical (unpaired) electrons. The van der Waals surface area contributed by atoms with E-state index < -0.39 is 10.0 Å². The average Bonchev–Trinajstić information content (AvgIpc) is 2.98. The minimum Gasteiger partial charge on any atom is -0.348 e. The maximum atomic E-state index is 12.1. The van der Waals surface area contributed by atoms with Gasteiger partial charge in [-0.15, -0.1) is 11.3 Å². The van der Waals surface area contributed by atoms with Crippen LogP contribution in [0.4, 0.5) is 0 Å². The summed E-state index contributed by atoms with van der Waals surface area (Å²) in [5.74, 6) is -0.0860. The Bertz CT molecular complexity index is 771. The predicted molar refractivity (Wildman–Crippen MR) is 95.0 cm³/mol. The lowest BCUT2D eigenvalue weighted by atomic mass is 10.1. The van der Waals surface area contributed by atoms with Gasteiger partial charge < -0.3 is 5.32 Å². The summed E-state index contributed by atoms with van der Waals surface area (Å²) in [4.78, 5) is 15.3. The lowest BCUT2D eigenvalue weighted by Gasteiger charge is -2.19. The van der Waals surface area contributed by atoms with Crippen molar-refractivity contribution >= 4 is 27.3 Å². The second-order valence-electron chi connectivity index (χ2n) is 5.65. The van der Waals surface area contributed by atoms with E-state index in [1.807, 2.05) is 36.4 Å². The number of nitrogens with two attached hydrogens (primary N) is 1. The van der Waals surface area contributed by atoms with Gasteiger partial charge in [0.2, 0.25) is 15.9 Å². The van der Waals surface area contributed by atoms with Gasteiger partial charge >= 0.3 is 0 Å². The average molecular weight is 367 g/mol. The number of rotatable bonds is 7. The molecule has 3 N–H and O–H groups in total. The third kappa shape index (κ3) is 5.41. The van der Waals surface area contributed by atoms with Gasteiger partial charge in [0.05, 0.1) is 17.5 Å². The Morgan fingerprint density at radius 3 is 2.50 bits per heavy atom. The minimum atomic E-state index is -3.70. The third-order valence-electron chi connectivity index (χ3n) is 3.51. The molecule has 0 saturated heterocycles. The van der Waals surface area contributed by atoms with Crippen molar-refractivity contribution in [2.45, 2.75) is 24.4 Å². The Hall–Kier alpha value is -1.74. The number of hydrogen-bond donors (Lipinski definition) is 2. The number of carbonyl (C=O) groups is 1. The topological polar surface area (TPSA) is 92.5 Å². The number of hydrogen-bond acceptors (Lipinski definition) is 5. The number of amides is 1. The zero-order valence-corrected chi connectivity index (χ0v) is 15.2. The quantitative estimate of drug-likeness (QED) is 0.779. The summed E-state index contributed by atoms with van der Waals surface area (Å²) >= 11 is 1.66. The Morgan fingerprint density at radius 2 is 1.96 bits per heavy atom. The molecule has 0 aliphatic heterocycles. The lowest BCUT2D eigenvalue weighted by molar-refractivity contribution is -0.122. The first kappa shape index (κ1) is 18.6. The molecule has 1 heterocycles. The standard InChI is InChI=1S/C16H21N3O3S2/c1-12(13-5-7-15(8-6-13)24(17,21)22)18-16(20)11-19(2)10-14-4-3-9-23-14/h3-9,12H,10-11H2,1-2H3,(H,18,20)(H2,17,21,22)/t12-/m1/s1. The molecular formula is C16H21N3O3S2. The van der Waals surface area contributed by atoms with Gasteiger partial charge in [-0.3, -0.25) is 9.69 Å². The van der Waals surface area contributed by atoms with Gasteiger partial charge in [-0.1, -0.05) is 18.2 Å². The minimum absolute atomic E-state index is 0.0560. The van der Waals surface area contributed by atoms with Crippen LogP contribution in [-0.2, 0) is 21.4 Å². The van der Waals surface area contributed by atoms with Crippen molar-refractivity contribution in [2.24, 2.45) is 5.14 Å². The third-order valence-corrected chi connectivity index (χ3v) is 5.30. The largest absolute Gasteiger partial charge is 0.348 e. The molecule has 1 atom stereocenters. The van der Waals surface area contributed by atoms with Crippen LogP contribution >= 0.6 is 11.3 Å². The maximum Gasteiger partial charge on any atom is 0.238 e. The first-order chi connectivity index (χ1) is 11.3. The van der Waals surface area contributed by atoms with Gasteiger partial charge in [0.1, 0.15) is 0 Å². The van der Waals surface area contributed by atoms with Gasteiger partial charge in [-0.05, 0) is 43.1 Å². The van der Waals surface area contributed by atoms with Crippen LogP contribution in [0.15, 0.2) is 46.7 Å². The zero-order chi connectivity index (χ0) is 17.7. The smallest absolute Gasteiger partial charge is 0.238 e. The summed E-state index contributed by atoms with van der Waals surface area (Å²) in [6.45, 7) is 2.86. The summed E-state index contributed by atoms with van der Waals surface area (Å²) in [6.07, 6.45) is 0. The Kier molecular flexibility index (Phi) is 6.11. The van der Waals surface area contributed by atoms with Crippen molar-refractivity contribution in [3.63, 3.8) is 0 Å².